The van der Waals surface area contributed by atoms with Crippen LogP contribution in [0.5, 0.6) is 0 Å². The Hall–Kier alpha value is -3.57. The minimum atomic E-state index is 0.200. The van der Waals surface area contributed by atoms with Crippen molar-refractivity contribution in [2.75, 3.05) is 19.6 Å². The summed E-state index contributed by atoms with van der Waals surface area (Å²) in [5.74, 6) is 0.401. The first-order chi connectivity index (χ1) is 19.2. The first kappa shape index (κ1) is 27.0. The molecule has 0 saturated carbocycles. The molecule has 5 nitrogen and oxygen atoms in total. The van der Waals surface area contributed by atoms with Crippen LogP contribution in [-0.2, 0) is 24.2 Å². The summed E-state index contributed by atoms with van der Waals surface area (Å²) in [5.41, 5.74) is 5.07. The van der Waals surface area contributed by atoms with Crippen molar-refractivity contribution in [3.63, 3.8) is 0 Å². The van der Waals surface area contributed by atoms with E-state index in [0.717, 1.165) is 47.0 Å². The minimum Gasteiger partial charge on any atom is -0.342 e. The molecule has 0 bridgehead atoms. The van der Waals surface area contributed by atoms with Gasteiger partial charge < -0.3 is 9.47 Å². The Morgan fingerprint density at radius 1 is 0.821 bits per heavy atom. The van der Waals surface area contributed by atoms with Crippen LogP contribution in [0.15, 0.2) is 79.3 Å². The molecule has 1 fully saturated rings. The van der Waals surface area contributed by atoms with Gasteiger partial charge in [-0.05, 0) is 86.6 Å². The number of benzene rings is 2. The molecule has 0 amide bonds. The smallest absolute Gasteiger partial charge is 0.165 e. The van der Waals surface area contributed by atoms with Crippen LogP contribution in [0.4, 0.5) is 0 Å². The Bertz CT molecular complexity index is 1370. The maximum absolute atomic E-state index is 13.5. The summed E-state index contributed by atoms with van der Waals surface area (Å²) in [6.45, 7) is 4.20. The molecule has 2 aromatic heterocycles. The highest BCUT2D eigenvalue weighted by Crippen LogP contribution is 2.26. The van der Waals surface area contributed by atoms with Gasteiger partial charge in [0.2, 0.25) is 0 Å². The average molecular weight is 522 g/mol. The van der Waals surface area contributed by atoms with Crippen molar-refractivity contribution in [3.05, 3.63) is 102 Å². The third-order valence-corrected chi connectivity index (χ3v) is 7.84. The van der Waals surface area contributed by atoms with Crippen molar-refractivity contribution in [3.8, 4) is 0 Å². The summed E-state index contributed by atoms with van der Waals surface area (Å²) >= 11 is 0. The zero-order valence-electron chi connectivity index (χ0n) is 22.9. The highest BCUT2D eigenvalue weighted by molar-refractivity contribution is 6.08. The lowest BCUT2D eigenvalue weighted by atomic mass is 9.99. The predicted molar refractivity (Wildman–Crippen MR) is 157 cm³/mol. The van der Waals surface area contributed by atoms with Gasteiger partial charge in [0, 0.05) is 60.9 Å². The van der Waals surface area contributed by atoms with Crippen LogP contribution in [0.25, 0.3) is 10.9 Å². The lowest BCUT2D eigenvalue weighted by Gasteiger charge is -2.26. The molecule has 4 aromatic rings. The first-order valence-corrected chi connectivity index (χ1v) is 14.5. The highest BCUT2D eigenvalue weighted by atomic mass is 16.1. The molecule has 0 radical (unpaired) electrons. The van der Waals surface area contributed by atoms with Gasteiger partial charge in [-0.1, -0.05) is 48.9 Å². The normalized spacial score (nSPS) is 14.1. The predicted octanol–water partition coefficient (Wildman–Crippen LogP) is 6.67. The van der Waals surface area contributed by atoms with E-state index < -0.39 is 0 Å². The summed E-state index contributed by atoms with van der Waals surface area (Å²) in [6, 6.07) is 20.4. The van der Waals surface area contributed by atoms with Crippen LogP contribution < -0.4 is 0 Å². The molecule has 2 aromatic carbocycles. The number of aryl methyl sites for hydroxylation is 1. The van der Waals surface area contributed by atoms with Gasteiger partial charge in [0.1, 0.15) is 5.78 Å². The number of pyridine rings is 1. The molecule has 0 spiro atoms. The van der Waals surface area contributed by atoms with Gasteiger partial charge in [-0.2, -0.15) is 0 Å². The number of likely N-dealkylation sites (tertiary alicyclic amines) is 1. The Kier molecular flexibility index (Phi) is 9.34. The quantitative estimate of drug-likeness (QED) is 0.146. The van der Waals surface area contributed by atoms with Crippen molar-refractivity contribution in [1.29, 1.82) is 0 Å². The number of piperidine rings is 1. The van der Waals surface area contributed by atoms with E-state index in [1.807, 2.05) is 48.8 Å². The van der Waals surface area contributed by atoms with Gasteiger partial charge in [-0.3, -0.25) is 14.6 Å². The molecule has 39 heavy (non-hydrogen) atoms. The molecule has 0 aliphatic carbocycles. The molecule has 1 saturated heterocycles. The molecule has 5 rings (SSSR count). The van der Waals surface area contributed by atoms with Crippen LogP contribution in [0.2, 0.25) is 0 Å². The number of fused-ring (bicyclic) bond motifs is 1. The molecule has 0 atom stereocenters. The summed E-state index contributed by atoms with van der Waals surface area (Å²) in [5, 5.41) is 0.963. The fourth-order valence-corrected chi connectivity index (χ4v) is 5.67. The molecular weight excluding hydrogens is 482 g/mol. The van der Waals surface area contributed by atoms with Crippen molar-refractivity contribution >= 4 is 22.5 Å². The van der Waals surface area contributed by atoms with E-state index >= 15 is 0 Å². The lowest BCUT2D eigenvalue weighted by Crippen LogP contribution is -2.30. The first-order valence-electron chi connectivity index (χ1n) is 14.5. The third-order valence-electron chi connectivity index (χ3n) is 7.84. The number of rotatable bonds is 13. The molecule has 0 unspecified atom stereocenters. The fraction of sp³-hybridized carbons (Fsp3) is 0.382. The van der Waals surface area contributed by atoms with Crippen molar-refractivity contribution in [2.24, 2.45) is 0 Å². The molecule has 1 aliphatic heterocycles. The molecule has 3 heterocycles. The van der Waals surface area contributed by atoms with E-state index in [1.54, 1.807) is 6.20 Å². The fourth-order valence-electron chi connectivity index (χ4n) is 5.67. The van der Waals surface area contributed by atoms with Crippen LogP contribution in [0.3, 0.4) is 0 Å². The summed E-state index contributed by atoms with van der Waals surface area (Å²) in [4.78, 5) is 32.9. The van der Waals surface area contributed by atoms with Gasteiger partial charge in [0.05, 0.1) is 0 Å². The SMILES string of the molecule is O=C(CCc1cccnc1)Cc1ccc2c(c1)c(C(=O)CCCCN1CCCCC1)cn2Cc1ccccc1. The molecule has 0 N–H and O–H groups in total. The zero-order valence-corrected chi connectivity index (χ0v) is 22.9. The number of hydrogen-bond donors (Lipinski definition) is 0. The van der Waals surface area contributed by atoms with Crippen LogP contribution in [0.1, 0.15) is 72.0 Å². The largest absolute Gasteiger partial charge is 0.342 e. The number of carbonyl (C=O) groups excluding carboxylic acids is 2. The van der Waals surface area contributed by atoms with Crippen LogP contribution >= 0.6 is 0 Å². The number of ketones is 2. The van der Waals surface area contributed by atoms with E-state index in [-0.39, 0.29) is 11.6 Å². The number of aromatic nitrogens is 2. The van der Waals surface area contributed by atoms with Gasteiger partial charge in [0.25, 0.3) is 0 Å². The Balaban J connectivity index is 1.29. The number of carbonyl (C=O) groups is 2. The highest BCUT2D eigenvalue weighted by Gasteiger charge is 2.17. The van der Waals surface area contributed by atoms with E-state index in [0.29, 0.717) is 32.2 Å². The minimum absolute atomic E-state index is 0.200. The Morgan fingerprint density at radius 2 is 1.64 bits per heavy atom. The number of Topliss-reactive ketones (excluding diaryl/α,β-unsaturated/α-hetero) is 2. The van der Waals surface area contributed by atoms with E-state index in [2.05, 4.69) is 38.7 Å². The second-order valence-electron chi connectivity index (χ2n) is 10.9. The maximum Gasteiger partial charge on any atom is 0.165 e. The number of nitrogens with zero attached hydrogens (tertiary/aromatic N) is 3. The van der Waals surface area contributed by atoms with Gasteiger partial charge in [0.15, 0.2) is 5.78 Å². The zero-order chi connectivity index (χ0) is 26.9. The molecule has 1 aliphatic rings. The Morgan fingerprint density at radius 3 is 2.44 bits per heavy atom. The number of hydrogen-bond acceptors (Lipinski definition) is 4. The lowest BCUT2D eigenvalue weighted by molar-refractivity contribution is -0.118. The van der Waals surface area contributed by atoms with Crippen molar-refractivity contribution in [2.45, 2.75) is 64.3 Å². The van der Waals surface area contributed by atoms with Crippen molar-refractivity contribution < 1.29 is 9.59 Å². The van der Waals surface area contributed by atoms with E-state index in [9.17, 15) is 9.59 Å². The van der Waals surface area contributed by atoms with Crippen molar-refractivity contribution in [1.82, 2.24) is 14.5 Å². The van der Waals surface area contributed by atoms with E-state index in [1.165, 1.54) is 37.9 Å². The topological polar surface area (TPSA) is 55.2 Å². The maximum atomic E-state index is 13.5. The molecule has 202 valence electrons. The molecular formula is C34H39N3O2. The molecule has 5 heteroatoms. The summed E-state index contributed by atoms with van der Waals surface area (Å²) in [7, 11) is 0. The third kappa shape index (κ3) is 7.51. The second-order valence-corrected chi connectivity index (χ2v) is 10.9. The monoisotopic (exact) mass is 521 g/mol. The van der Waals surface area contributed by atoms with Gasteiger partial charge >= 0.3 is 0 Å². The van der Waals surface area contributed by atoms with Gasteiger partial charge in [-0.15, -0.1) is 0 Å². The average Bonchev–Trinajstić information content (AvgIpc) is 3.33. The summed E-state index contributed by atoms with van der Waals surface area (Å²) in [6.07, 6.45) is 13.6. The summed E-state index contributed by atoms with van der Waals surface area (Å²) < 4.78 is 2.18. The Labute approximate surface area is 231 Å². The van der Waals surface area contributed by atoms with E-state index in [4.69, 9.17) is 0 Å². The van der Waals surface area contributed by atoms with Crippen LogP contribution in [-0.4, -0.2) is 45.7 Å². The second kappa shape index (κ2) is 13.5. The number of unbranched alkanes of at least 4 members (excludes halogenated alkanes) is 1. The van der Waals surface area contributed by atoms with Gasteiger partial charge in [-0.25, -0.2) is 0 Å². The standard InChI is InChI=1S/C34H39N3O2/c38-30(16-14-27-12-9-18-35-24-27)22-29-15-17-33-31(23-29)32(26-37(33)25-28-10-3-1-4-11-28)34(39)13-5-8-21-36-19-6-2-7-20-36/h1,3-4,9-12,15,17-18,23-24,26H,2,5-8,13-14,16,19-22,25H2. The van der Waals surface area contributed by atoms with Crippen LogP contribution in [0, 0.1) is 0 Å².